The molecule has 1 aromatic heterocycles. The summed E-state index contributed by atoms with van der Waals surface area (Å²) in [6.07, 6.45) is 1.67. The number of thiazole rings is 1. The maximum Gasteiger partial charge on any atom is 0.275 e. The number of aryl methyl sites for hydroxylation is 1. The molecule has 1 amide bonds. The summed E-state index contributed by atoms with van der Waals surface area (Å²) in [6, 6.07) is 13.2. The van der Waals surface area contributed by atoms with Crippen LogP contribution in [0.4, 0.5) is 5.69 Å². The fraction of sp³-hybridized carbons (Fsp3) is 0.143. The molecule has 0 fully saturated rings. The number of carbonyl (C=O) groups excluding carboxylic acids is 1. The molecule has 0 saturated heterocycles. The topological polar surface area (TPSA) is 60.5 Å². The molecular formula is C21H20N2O3S. The number of hydrogen-bond acceptors (Lipinski definition) is 5. The lowest BCUT2D eigenvalue weighted by Crippen LogP contribution is -2.12. The van der Waals surface area contributed by atoms with Crippen molar-refractivity contribution in [3.8, 4) is 22.1 Å². The predicted octanol–water partition coefficient (Wildman–Crippen LogP) is 4.94. The van der Waals surface area contributed by atoms with E-state index in [1.54, 1.807) is 18.6 Å². The van der Waals surface area contributed by atoms with Gasteiger partial charge in [0.25, 0.3) is 5.91 Å². The van der Waals surface area contributed by atoms with Gasteiger partial charge < -0.3 is 14.8 Å². The van der Waals surface area contributed by atoms with Crippen LogP contribution < -0.4 is 14.8 Å². The van der Waals surface area contributed by atoms with E-state index < -0.39 is 0 Å². The van der Waals surface area contributed by atoms with Gasteiger partial charge in [0.15, 0.2) is 11.5 Å². The number of nitrogens with one attached hydrogen (secondary N) is 1. The van der Waals surface area contributed by atoms with E-state index in [4.69, 9.17) is 9.47 Å². The zero-order valence-corrected chi connectivity index (χ0v) is 16.0. The summed E-state index contributed by atoms with van der Waals surface area (Å²) in [5.41, 5.74) is 3.11. The molecular weight excluding hydrogens is 360 g/mol. The van der Waals surface area contributed by atoms with Crippen molar-refractivity contribution in [3.05, 3.63) is 71.8 Å². The van der Waals surface area contributed by atoms with Crippen LogP contribution in [0.3, 0.4) is 0 Å². The molecule has 138 valence electrons. The Labute approximate surface area is 162 Å². The molecule has 0 atom stereocenters. The number of nitrogens with zero attached hydrogens (tertiary/aromatic N) is 1. The summed E-state index contributed by atoms with van der Waals surface area (Å²) in [5, 5.41) is 5.33. The third kappa shape index (κ3) is 4.54. The van der Waals surface area contributed by atoms with E-state index in [0.717, 1.165) is 21.8 Å². The first kappa shape index (κ1) is 18.7. The number of benzene rings is 2. The SMILES string of the molecule is C=CCOc1ccc(-c2nc(C(=O)Nc3ccc(C)cc3)cs2)cc1OC. The van der Waals surface area contributed by atoms with E-state index >= 15 is 0 Å². The predicted molar refractivity (Wildman–Crippen MR) is 109 cm³/mol. The Morgan fingerprint density at radius 1 is 1.22 bits per heavy atom. The molecule has 0 unspecified atom stereocenters. The molecule has 0 aliphatic heterocycles. The summed E-state index contributed by atoms with van der Waals surface area (Å²) >= 11 is 1.40. The van der Waals surface area contributed by atoms with E-state index in [1.165, 1.54) is 11.3 Å². The second kappa shape index (κ2) is 8.51. The third-order valence-corrected chi connectivity index (χ3v) is 4.70. The average Bonchev–Trinajstić information content (AvgIpc) is 3.18. The molecule has 1 N–H and O–H groups in total. The minimum absolute atomic E-state index is 0.237. The van der Waals surface area contributed by atoms with Gasteiger partial charge in [-0.3, -0.25) is 4.79 Å². The fourth-order valence-electron chi connectivity index (χ4n) is 2.41. The van der Waals surface area contributed by atoms with Crippen LogP contribution in [0.2, 0.25) is 0 Å². The second-order valence-electron chi connectivity index (χ2n) is 5.82. The van der Waals surface area contributed by atoms with Crippen LogP contribution in [0.5, 0.6) is 11.5 Å². The Kier molecular flexibility index (Phi) is 5.88. The Bertz CT molecular complexity index is 948. The van der Waals surface area contributed by atoms with E-state index in [2.05, 4.69) is 16.9 Å². The summed E-state index contributed by atoms with van der Waals surface area (Å²) < 4.78 is 10.9. The standard InChI is InChI=1S/C21H20N2O3S/c1-4-11-26-18-10-7-15(12-19(18)25-3)21-23-17(13-27-21)20(24)22-16-8-5-14(2)6-9-16/h4-10,12-13H,1,11H2,2-3H3,(H,22,24). The van der Waals surface area contributed by atoms with Crippen LogP contribution in [0.15, 0.2) is 60.5 Å². The Morgan fingerprint density at radius 3 is 2.70 bits per heavy atom. The molecule has 0 aliphatic carbocycles. The highest BCUT2D eigenvalue weighted by atomic mass is 32.1. The first-order valence-corrected chi connectivity index (χ1v) is 9.24. The van der Waals surface area contributed by atoms with Gasteiger partial charge in [-0.15, -0.1) is 11.3 Å². The molecule has 0 radical (unpaired) electrons. The van der Waals surface area contributed by atoms with Crippen LogP contribution >= 0.6 is 11.3 Å². The van der Waals surface area contributed by atoms with Gasteiger partial charge in [-0.05, 0) is 37.3 Å². The van der Waals surface area contributed by atoms with Crippen molar-refractivity contribution in [2.45, 2.75) is 6.92 Å². The van der Waals surface area contributed by atoms with Gasteiger partial charge in [0.2, 0.25) is 0 Å². The minimum Gasteiger partial charge on any atom is -0.493 e. The van der Waals surface area contributed by atoms with Gasteiger partial charge in [-0.2, -0.15) is 0 Å². The van der Waals surface area contributed by atoms with Gasteiger partial charge in [0.05, 0.1) is 7.11 Å². The summed E-state index contributed by atoms with van der Waals surface area (Å²) in [6.45, 7) is 6.04. The number of amides is 1. The van der Waals surface area contributed by atoms with E-state index in [9.17, 15) is 4.79 Å². The maximum absolute atomic E-state index is 12.4. The molecule has 0 aliphatic rings. The Hall–Kier alpha value is -3.12. The highest BCUT2D eigenvalue weighted by Crippen LogP contribution is 2.34. The smallest absolute Gasteiger partial charge is 0.275 e. The van der Waals surface area contributed by atoms with Gasteiger partial charge in [-0.25, -0.2) is 4.98 Å². The van der Waals surface area contributed by atoms with Crippen molar-refractivity contribution >= 4 is 22.9 Å². The molecule has 0 saturated carbocycles. The van der Waals surface area contributed by atoms with Gasteiger partial charge in [-0.1, -0.05) is 30.4 Å². The molecule has 27 heavy (non-hydrogen) atoms. The number of carbonyl (C=O) groups is 1. The number of methoxy groups -OCH3 is 1. The van der Waals surface area contributed by atoms with Crippen molar-refractivity contribution in [3.63, 3.8) is 0 Å². The van der Waals surface area contributed by atoms with Gasteiger partial charge in [0.1, 0.15) is 17.3 Å². The normalized spacial score (nSPS) is 10.3. The van der Waals surface area contributed by atoms with Crippen molar-refractivity contribution in [1.29, 1.82) is 0 Å². The lowest BCUT2D eigenvalue weighted by atomic mass is 10.2. The minimum atomic E-state index is -0.237. The van der Waals surface area contributed by atoms with E-state index in [0.29, 0.717) is 23.8 Å². The molecule has 5 nitrogen and oxygen atoms in total. The summed E-state index contributed by atoms with van der Waals surface area (Å²) in [5.74, 6) is 1.00. The number of hydrogen-bond donors (Lipinski definition) is 1. The molecule has 1 heterocycles. The molecule has 3 aromatic rings. The van der Waals surface area contributed by atoms with Crippen LogP contribution in [0, 0.1) is 6.92 Å². The number of anilines is 1. The van der Waals surface area contributed by atoms with Crippen molar-refractivity contribution in [1.82, 2.24) is 4.98 Å². The van der Waals surface area contributed by atoms with Crippen molar-refractivity contribution in [2.75, 3.05) is 19.0 Å². The number of aromatic nitrogens is 1. The monoisotopic (exact) mass is 380 g/mol. The third-order valence-electron chi connectivity index (χ3n) is 3.81. The lowest BCUT2D eigenvalue weighted by molar-refractivity contribution is 0.102. The highest BCUT2D eigenvalue weighted by Gasteiger charge is 2.14. The molecule has 3 rings (SSSR count). The van der Waals surface area contributed by atoms with Gasteiger partial charge >= 0.3 is 0 Å². The zero-order chi connectivity index (χ0) is 19.2. The maximum atomic E-state index is 12.4. The fourth-order valence-corrected chi connectivity index (χ4v) is 3.21. The van der Waals surface area contributed by atoms with Crippen molar-refractivity contribution in [2.24, 2.45) is 0 Å². The second-order valence-corrected chi connectivity index (χ2v) is 6.68. The molecule has 0 bridgehead atoms. The first-order chi connectivity index (χ1) is 13.1. The average molecular weight is 380 g/mol. The largest absolute Gasteiger partial charge is 0.493 e. The van der Waals surface area contributed by atoms with Crippen molar-refractivity contribution < 1.29 is 14.3 Å². The highest BCUT2D eigenvalue weighted by molar-refractivity contribution is 7.13. The quantitative estimate of drug-likeness (QED) is 0.590. The van der Waals surface area contributed by atoms with Crippen LogP contribution in [-0.2, 0) is 0 Å². The van der Waals surface area contributed by atoms with Crippen LogP contribution in [-0.4, -0.2) is 24.6 Å². The Morgan fingerprint density at radius 2 is 2.00 bits per heavy atom. The van der Waals surface area contributed by atoms with E-state index in [1.807, 2.05) is 49.4 Å². The molecule has 0 spiro atoms. The molecule has 6 heteroatoms. The zero-order valence-electron chi connectivity index (χ0n) is 15.2. The Balaban J connectivity index is 1.77. The van der Waals surface area contributed by atoms with Gasteiger partial charge in [0, 0.05) is 16.6 Å². The lowest BCUT2D eigenvalue weighted by Gasteiger charge is -2.10. The number of ether oxygens (including phenoxy) is 2. The first-order valence-electron chi connectivity index (χ1n) is 8.36. The summed E-state index contributed by atoms with van der Waals surface area (Å²) in [4.78, 5) is 16.9. The van der Waals surface area contributed by atoms with Crippen LogP contribution in [0.1, 0.15) is 16.1 Å². The molecule has 2 aromatic carbocycles. The van der Waals surface area contributed by atoms with E-state index in [-0.39, 0.29) is 5.91 Å². The number of rotatable bonds is 7. The van der Waals surface area contributed by atoms with Crippen LogP contribution in [0.25, 0.3) is 10.6 Å². The summed E-state index contributed by atoms with van der Waals surface area (Å²) in [7, 11) is 1.59.